The predicted octanol–water partition coefficient (Wildman–Crippen LogP) is 3.23. The first kappa shape index (κ1) is 17.1. The van der Waals surface area contributed by atoms with Crippen molar-refractivity contribution in [3.8, 4) is 5.69 Å². The van der Waals surface area contributed by atoms with Crippen LogP contribution in [0.15, 0.2) is 53.7 Å². The number of anilines is 1. The van der Waals surface area contributed by atoms with Crippen LogP contribution >= 0.6 is 11.8 Å². The van der Waals surface area contributed by atoms with E-state index in [1.54, 1.807) is 23.7 Å². The standard InChI is InChI=1S/C17H16FN5OS/c1-11-6-8-15(9-7-11)23-17(20-21-22-23)25-12(2)16(24)19-14-5-3-4-13(18)10-14/h3-10,12H,1-2H3,(H,19,24). The van der Waals surface area contributed by atoms with Gasteiger partial charge in [-0.05, 0) is 54.6 Å². The van der Waals surface area contributed by atoms with Gasteiger partial charge in [-0.15, -0.1) is 5.10 Å². The number of rotatable bonds is 5. The summed E-state index contributed by atoms with van der Waals surface area (Å²) in [4.78, 5) is 12.3. The minimum atomic E-state index is -0.460. The van der Waals surface area contributed by atoms with Crippen molar-refractivity contribution in [2.75, 3.05) is 5.32 Å². The van der Waals surface area contributed by atoms with Gasteiger partial charge in [0.05, 0.1) is 10.9 Å². The number of carbonyl (C=O) groups excluding carboxylic acids is 1. The lowest BCUT2D eigenvalue weighted by Gasteiger charge is -2.12. The van der Waals surface area contributed by atoms with E-state index in [0.717, 1.165) is 11.3 Å². The Labute approximate surface area is 148 Å². The molecule has 1 N–H and O–H groups in total. The van der Waals surface area contributed by atoms with Crippen LogP contribution in [0.4, 0.5) is 10.1 Å². The second-order valence-corrected chi connectivity index (χ2v) is 6.78. The summed E-state index contributed by atoms with van der Waals surface area (Å²) in [5.74, 6) is -0.657. The molecular weight excluding hydrogens is 341 g/mol. The number of nitrogens with one attached hydrogen (secondary N) is 1. The molecule has 6 nitrogen and oxygen atoms in total. The summed E-state index contributed by atoms with van der Waals surface area (Å²) in [6.45, 7) is 3.74. The van der Waals surface area contributed by atoms with Crippen molar-refractivity contribution in [1.82, 2.24) is 20.2 Å². The molecule has 1 unspecified atom stereocenters. The lowest BCUT2D eigenvalue weighted by molar-refractivity contribution is -0.115. The second kappa shape index (κ2) is 7.43. The Morgan fingerprint density at radius 1 is 1.24 bits per heavy atom. The minimum Gasteiger partial charge on any atom is -0.325 e. The van der Waals surface area contributed by atoms with Crippen LogP contribution < -0.4 is 5.32 Å². The number of carbonyl (C=O) groups is 1. The summed E-state index contributed by atoms with van der Waals surface area (Å²) in [6.07, 6.45) is 0. The molecule has 1 aromatic heterocycles. The predicted molar refractivity (Wildman–Crippen MR) is 94.2 cm³/mol. The van der Waals surface area contributed by atoms with E-state index in [0.29, 0.717) is 10.8 Å². The van der Waals surface area contributed by atoms with E-state index in [2.05, 4.69) is 20.8 Å². The van der Waals surface area contributed by atoms with Gasteiger partial charge in [0, 0.05) is 5.69 Å². The highest BCUT2D eigenvalue weighted by atomic mass is 32.2. The van der Waals surface area contributed by atoms with Crippen LogP contribution in [0.2, 0.25) is 0 Å². The first-order chi connectivity index (χ1) is 12.0. The molecule has 0 saturated carbocycles. The van der Waals surface area contributed by atoms with Gasteiger partial charge in [-0.2, -0.15) is 4.68 Å². The Kier molecular flexibility index (Phi) is 5.08. The summed E-state index contributed by atoms with van der Waals surface area (Å²) in [5.41, 5.74) is 2.36. The van der Waals surface area contributed by atoms with Crippen LogP contribution in [0.5, 0.6) is 0 Å². The normalized spacial score (nSPS) is 12.0. The molecule has 0 aliphatic carbocycles. The Morgan fingerprint density at radius 2 is 2.00 bits per heavy atom. The topological polar surface area (TPSA) is 72.7 Å². The minimum absolute atomic E-state index is 0.256. The Balaban J connectivity index is 1.71. The van der Waals surface area contributed by atoms with Crippen molar-refractivity contribution in [2.45, 2.75) is 24.3 Å². The van der Waals surface area contributed by atoms with Gasteiger partial charge in [0.25, 0.3) is 0 Å². The van der Waals surface area contributed by atoms with E-state index in [9.17, 15) is 9.18 Å². The number of benzene rings is 2. The van der Waals surface area contributed by atoms with Crippen LogP contribution in [0, 0.1) is 12.7 Å². The zero-order valence-electron chi connectivity index (χ0n) is 13.7. The quantitative estimate of drug-likeness (QED) is 0.710. The number of nitrogens with zero attached hydrogens (tertiary/aromatic N) is 4. The van der Waals surface area contributed by atoms with Gasteiger partial charge < -0.3 is 5.32 Å². The highest BCUT2D eigenvalue weighted by Gasteiger charge is 2.19. The molecule has 1 amide bonds. The molecule has 1 atom stereocenters. The van der Waals surface area contributed by atoms with Crippen LogP contribution in [0.25, 0.3) is 5.69 Å². The highest BCUT2D eigenvalue weighted by Crippen LogP contribution is 2.24. The van der Waals surface area contributed by atoms with E-state index >= 15 is 0 Å². The van der Waals surface area contributed by atoms with Gasteiger partial charge in [-0.25, -0.2) is 4.39 Å². The average Bonchev–Trinajstić information content (AvgIpc) is 3.03. The first-order valence-corrected chi connectivity index (χ1v) is 8.49. The number of hydrogen-bond donors (Lipinski definition) is 1. The number of thioether (sulfide) groups is 1. The maximum absolute atomic E-state index is 13.2. The van der Waals surface area contributed by atoms with E-state index in [1.165, 1.54) is 23.9 Å². The summed E-state index contributed by atoms with van der Waals surface area (Å²) in [7, 11) is 0. The number of aryl methyl sites for hydroxylation is 1. The number of tetrazole rings is 1. The molecule has 3 rings (SSSR count). The zero-order chi connectivity index (χ0) is 17.8. The highest BCUT2D eigenvalue weighted by molar-refractivity contribution is 8.00. The van der Waals surface area contributed by atoms with Crippen molar-refractivity contribution in [3.05, 3.63) is 59.9 Å². The van der Waals surface area contributed by atoms with E-state index in [1.807, 2.05) is 31.2 Å². The Morgan fingerprint density at radius 3 is 2.72 bits per heavy atom. The monoisotopic (exact) mass is 357 g/mol. The summed E-state index contributed by atoms with van der Waals surface area (Å²) < 4.78 is 14.8. The van der Waals surface area contributed by atoms with Gasteiger partial charge in [-0.3, -0.25) is 4.79 Å². The molecular formula is C17H16FN5OS. The van der Waals surface area contributed by atoms with E-state index < -0.39 is 11.1 Å². The number of halogens is 1. The molecule has 25 heavy (non-hydrogen) atoms. The molecule has 8 heteroatoms. The lowest BCUT2D eigenvalue weighted by atomic mass is 10.2. The van der Waals surface area contributed by atoms with Crippen molar-refractivity contribution < 1.29 is 9.18 Å². The van der Waals surface area contributed by atoms with Crippen molar-refractivity contribution in [3.63, 3.8) is 0 Å². The molecule has 0 aliphatic heterocycles. The van der Waals surface area contributed by atoms with Crippen LogP contribution in [-0.2, 0) is 4.79 Å². The molecule has 0 fully saturated rings. The van der Waals surface area contributed by atoms with Crippen molar-refractivity contribution in [2.24, 2.45) is 0 Å². The summed E-state index contributed by atoms with van der Waals surface area (Å²) >= 11 is 1.23. The third-order valence-corrected chi connectivity index (χ3v) is 4.50. The SMILES string of the molecule is Cc1ccc(-n2nnnc2SC(C)C(=O)Nc2cccc(F)c2)cc1. The smallest absolute Gasteiger partial charge is 0.237 e. The Hall–Kier alpha value is -2.74. The fourth-order valence-corrected chi connectivity index (χ4v) is 2.93. The van der Waals surface area contributed by atoms with Crippen LogP contribution in [0.3, 0.4) is 0 Å². The average molecular weight is 357 g/mol. The fourth-order valence-electron chi connectivity index (χ4n) is 2.12. The van der Waals surface area contributed by atoms with Gasteiger partial charge >= 0.3 is 0 Å². The summed E-state index contributed by atoms with van der Waals surface area (Å²) in [5, 5.41) is 14.4. The van der Waals surface area contributed by atoms with Gasteiger partial charge in [0.1, 0.15) is 5.82 Å². The van der Waals surface area contributed by atoms with Gasteiger partial charge in [0.15, 0.2) is 0 Å². The third kappa shape index (κ3) is 4.21. The van der Waals surface area contributed by atoms with Gasteiger partial charge in [0.2, 0.25) is 11.1 Å². The maximum Gasteiger partial charge on any atom is 0.237 e. The first-order valence-electron chi connectivity index (χ1n) is 7.61. The largest absolute Gasteiger partial charge is 0.325 e. The zero-order valence-corrected chi connectivity index (χ0v) is 14.5. The van der Waals surface area contributed by atoms with E-state index in [4.69, 9.17) is 0 Å². The summed E-state index contributed by atoms with van der Waals surface area (Å²) in [6, 6.07) is 13.5. The molecule has 128 valence electrons. The molecule has 0 bridgehead atoms. The number of amides is 1. The van der Waals surface area contributed by atoms with Gasteiger partial charge in [-0.1, -0.05) is 35.5 Å². The molecule has 0 spiro atoms. The Bertz CT molecular complexity index is 881. The molecule has 3 aromatic rings. The molecule has 0 saturated heterocycles. The second-order valence-electron chi connectivity index (χ2n) is 5.47. The third-order valence-electron chi connectivity index (χ3n) is 3.46. The van der Waals surface area contributed by atoms with Crippen molar-refractivity contribution >= 4 is 23.4 Å². The molecule has 0 aliphatic rings. The fraction of sp³-hybridized carbons (Fsp3) is 0.176. The van der Waals surface area contributed by atoms with E-state index in [-0.39, 0.29) is 5.91 Å². The molecule has 0 radical (unpaired) electrons. The lowest BCUT2D eigenvalue weighted by Crippen LogP contribution is -2.23. The molecule has 1 heterocycles. The van der Waals surface area contributed by atoms with Crippen LogP contribution in [-0.4, -0.2) is 31.4 Å². The van der Waals surface area contributed by atoms with Crippen LogP contribution in [0.1, 0.15) is 12.5 Å². The number of hydrogen-bond acceptors (Lipinski definition) is 5. The molecule has 2 aromatic carbocycles. The van der Waals surface area contributed by atoms with Crippen molar-refractivity contribution in [1.29, 1.82) is 0 Å². The maximum atomic E-state index is 13.2. The number of aromatic nitrogens is 4.